The lowest BCUT2D eigenvalue weighted by molar-refractivity contribution is -0.0498. The minimum atomic E-state index is -2.81. The summed E-state index contributed by atoms with van der Waals surface area (Å²) in [4.78, 5) is 7.23. The quantitative estimate of drug-likeness (QED) is 0.333. The summed E-state index contributed by atoms with van der Waals surface area (Å²) in [6.45, 7) is 2.62. The minimum Gasteiger partial charge on any atom is -0.435 e. The van der Waals surface area contributed by atoms with Crippen LogP contribution in [-0.4, -0.2) is 49.2 Å². The van der Waals surface area contributed by atoms with Crippen molar-refractivity contribution in [2.24, 2.45) is 4.99 Å². The molecular weight excluding hydrogens is 477 g/mol. The Labute approximate surface area is 183 Å². The molecule has 5 nitrogen and oxygen atoms in total. The van der Waals surface area contributed by atoms with E-state index in [0.29, 0.717) is 12.6 Å². The van der Waals surface area contributed by atoms with Crippen molar-refractivity contribution in [2.45, 2.75) is 64.3 Å². The largest absolute Gasteiger partial charge is 0.435 e. The number of hydrogen-bond acceptors (Lipinski definition) is 3. The molecule has 1 aliphatic carbocycles. The molecule has 2 fully saturated rings. The van der Waals surface area contributed by atoms with Gasteiger partial charge in [-0.3, -0.25) is 4.90 Å². The fraction of sp³-hybridized carbons (Fsp3) is 0.650. The van der Waals surface area contributed by atoms with Gasteiger partial charge in [0, 0.05) is 31.7 Å². The number of hydrogen-bond donors (Lipinski definition) is 2. The Morgan fingerprint density at radius 2 is 2.07 bits per heavy atom. The summed E-state index contributed by atoms with van der Waals surface area (Å²) in [6, 6.07) is 7.86. The summed E-state index contributed by atoms with van der Waals surface area (Å²) >= 11 is 0. The van der Waals surface area contributed by atoms with E-state index < -0.39 is 6.61 Å². The molecule has 0 spiro atoms. The second kappa shape index (κ2) is 11.7. The Morgan fingerprint density at radius 1 is 1.29 bits per heavy atom. The van der Waals surface area contributed by atoms with Crippen LogP contribution in [-0.2, 0) is 6.54 Å². The van der Waals surface area contributed by atoms with Gasteiger partial charge in [-0.25, -0.2) is 4.99 Å². The predicted molar refractivity (Wildman–Crippen MR) is 119 cm³/mol. The molecule has 158 valence electrons. The predicted octanol–water partition coefficient (Wildman–Crippen LogP) is 3.98. The van der Waals surface area contributed by atoms with Crippen LogP contribution in [0.2, 0.25) is 0 Å². The number of nitrogens with zero attached hydrogens (tertiary/aromatic N) is 2. The van der Waals surface area contributed by atoms with Crippen molar-refractivity contribution in [2.75, 3.05) is 19.6 Å². The summed E-state index contributed by atoms with van der Waals surface area (Å²) in [5.41, 5.74) is 0.837. The molecule has 1 aliphatic heterocycles. The first-order valence-corrected chi connectivity index (χ1v) is 9.96. The molecule has 3 rings (SSSR count). The highest BCUT2D eigenvalue weighted by molar-refractivity contribution is 14.0. The molecule has 1 saturated carbocycles. The number of halogens is 3. The number of alkyl halides is 2. The topological polar surface area (TPSA) is 48.9 Å². The van der Waals surface area contributed by atoms with Crippen molar-refractivity contribution in [3.05, 3.63) is 29.8 Å². The second-order valence-corrected chi connectivity index (χ2v) is 7.28. The van der Waals surface area contributed by atoms with Gasteiger partial charge in [0.1, 0.15) is 5.75 Å². The Morgan fingerprint density at radius 3 is 2.79 bits per heavy atom. The molecule has 28 heavy (non-hydrogen) atoms. The Kier molecular flexibility index (Phi) is 9.70. The number of guanidine groups is 1. The molecule has 1 saturated heterocycles. The van der Waals surface area contributed by atoms with E-state index in [1.54, 1.807) is 12.1 Å². The van der Waals surface area contributed by atoms with Crippen molar-refractivity contribution < 1.29 is 13.5 Å². The van der Waals surface area contributed by atoms with Gasteiger partial charge >= 0.3 is 6.61 Å². The third kappa shape index (κ3) is 7.02. The van der Waals surface area contributed by atoms with Crippen LogP contribution in [0.4, 0.5) is 8.78 Å². The summed E-state index contributed by atoms with van der Waals surface area (Å²) in [6.07, 6.45) is 6.50. The molecule has 1 aromatic carbocycles. The summed E-state index contributed by atoms with van der Waals surface area (Å²) in [5.74, 6) is 0.939. The van der Waals surface area contributed by atoms with E-state index >= 15 is 0 Å². The van der Waals surface area contributed by atoms with Crippen LogP contribution in [0.1, 0.15) is 44.6 Å². The molecule has 0 radical (unpaired) electrons. The highest BCUT2D eigenvalue weighted by atomic mass is 127. The standard InChI is InChI=1S/C20H30F2N4O.HI/c1-2-23-20(24-13-15-6-5-9-18(12-15)27-19(21)22)25-16-10-11-26(14-16)17-7-3-4-8-17;/h5-6,9,12,16-17,19H,2-4,7-8,10-11,13-14H2,1H3,(H2,23,24,25);1H. The summed E-state index contributed by atoms with van der Waals surface area (Å²) < 4.78 is 29.2. The maximum atomic E-state index is 12.4. The number of benzene rings is 1. The zero-order chi connectivity index (χ0) is 19.1. The van der Waals surface area contributed by atoms with Crippen LogP contribution in [0.3, 0.4) is 0 Å². The van der Waals surface area contributed by atoms with Crippen molar-refractivity contribution in [1.29, 1.82) is 0 Å². The first kappa shape index (κ1) is 23.1. The first-order chi connectivity index (χ1) is 13.1. The number of nitrogens with one attached hydrogen (secondary N) is 2. The lowest BCUT2D eigenvalue weighted by Gasteiger charge is -2.24. The highest BCUT2D eigenvalue weighted by Crippen LogP contribution is 2.26. The van der Waals surface area contributed by atoms with Gasteiger partial charge in [0.2, 0.25) is 0 Å². The summed E-state index contributed by atoms with van der Waals surface area (Å²) in [7, 11) is 0. The van der Waals surface area contributed by atoms with E-state index in [1.165, 1.54) is 31.7 Å². The molecule has 2 aliphatic rings. The van der Waals surface area contributed by atoms with Gasteiger partial charge in [0.05, 0.1) is 6.54 Å². The molecule has 0 aromatic heterocycles. The van der Waals surface area contributed by atoms with Crippen LogP contribution < -0.4 is 15.4 Å². The molecule has 1 heterocycles. The number of ether oxygens (including phenoxy) is 1. The van der Waals surface area contributed by atoms with Gasteiger partial charge in [0.25, 0.3) is 0 Å². The maximum absolute atomic E-state index is 12.4. The fourth-order valence-electron chi connectivity index (χ4n) is 4.01. The van der Waals surface area contributed by atoms with E-state index in [9.17, 15) is 8.78 Å². The van der Waals surface area contributed by atoms with Crippen LogP contribution >= 0.6 is 24.0 Å². The average molecular weight is 508 g/mol. The van der Waals surface area contributed by atoms with Crippen molar-refractivity contribution in [3.8, 4) is 5.75 Å². The van der Waals surface area contributed by atoms with Gasteiger partial charge in [-0.2, -0.15) is 8.78 Å². The van der Waals surface area contributed by atoms with Crippen LogP contribution in [0.25, 0.3) is 0 Å². The van der Waals surface area contributed by atoms with Gasteiger partial charge in [-0.05, 0) is 43.9 Å². The smallest absolute Gasteiger partial charge is 0.387 e. The molecule has 1 aromatic rings. The first-order valence-electron chi connectivity index (χ1n) is 9.96. The molecule has 1 unspecified atom stereocenters. The lowest BCUT2D eigenvalue weighted by atomic mass is 10.2. The van der Waals surface area contributed by atoms with Gasteiger partial charge in [-0.15, -0.1) is 24.0 Å². The third-order valence-electron chi connectivity index (χ3n) is 5.29. The summed E-state index contributed by atoms with van der Waals surface area (Å²) in [5, 5.41) is 6.81. The molecule has 0 bridgehead atoms. The maximum Gasteiger partial charge on any atom is 0.387 e. The second-order valence-electron chi connectivity index (χ2n) is 7.28. The number of likely N-dealkylation sites (tertiary alicyclic amines) is 1. The fourth-order valence-corrected chi connectivity index (χ4v) is 4.01. The third-order valence-corrected chi connectivity index (χ3v) is 5.29. The van der Waals surface area contributed by atoms with E-state index in [0.717, 1.165) is 43.6 Å². The molecule has 8 heteroatoms. The highest BCUT2D eigenvalue weighted by Gasteiger charge is 2.30. The van der Waals surface area contributed by atoms with E-state index in [4.69, 9.17) is 0 Å². The Bertz CT molecular complexity index is 626. The van der Waals surface area contributed by atoms with Crippen LogP contribution in [0, 0.1) is 0 Å². The monoisotopic (exact) mass is 508 g/mol. The van der Waals surface area contributed by atoms with Crippen molar-refractivity contribution >= 4 is 29.9 Å². The Hall–Kier alpha value is -1.16. The van der Waals surface area contributed by atoms with Crippen molar-refractivity contribution in [1.82, 2.24) is 15.5 Å². The van der Waals surface area contributed by atoms with Gasteiger partial charge in [0.15, 0.2) is 5.96 Å². The minimum absolute atomic E-state index is 0. The van der Waals surface area contributed by atoms with E-state index in [2.05, 4.69) is 25.3 Å². The zero-order valence-corrected chi connectivity index (χ0v) is 18.7. The van der Waals surface area contributed by atoms with Crippen LogP contribution in [0.5, 0.6) is 5.75 Å². The zero-order valence-electron chi connectivity index (χ0n) is 16.4. The molecule has 1 atom stereocenters. The number of aliphatic imine (C=N–C) groups is 1. The van der Waals surface area contributed by atoms with Crippen LogP contribution in [0.15, 0.2) is 29.3 Å². The van der Waals surface area contributed by atoms with E-state index in [-0.39, 0.29) is 29.7 Å². The molecule has 0 amide bonds. The molecule has 2 N–H and O–H groups in total. The molecular formula is C20H31F2IN4O. The SMILES string of the molecule is CCNC(=NCc1cccc(OC(F)F)c1)NC1CCN(C2CCCC2)C1.I. The normalized spacial score (nSPS) is 21.0. The number of rotatable bonds is 7. The average Bonchev–Trinajstić information content (AvgIpc) is 3.31. The van der Waals surface area contributed by atoms with Gasteiger partial charge in [-0.1, -0.05) is 25.0 Å². The Balaban J connectivity index is 0.00000280. The van der Waals surface area contributed by atoms with Crippen molar-refractivity contribution in [3.63, 3.8) is 0 Å². The van der Waals surface area contributed by atoms with E-state index in [1.807, 2.05) is 13.0 Å². The van der Waals surface area contributed by atoms with Gasteiger partial charge < -0.3 is 15.4 Å². The lowest BCUT2D eigenvalue weighted by Crippen LogP contribution is -2.45.